The van der Waals surface area contributed by atoms with E-state index in [1.54, 1.807) is 0 Å². The Morgan fingerprint density at radius 2 is 1.19 bits per heavy atom. The zero-order chi connectivity index (χ0) is 22.4. The van der Waals surface area contributed by atoms with E-state index in [1.165, 1.54) is 115 Å². The minimum atomic E-state index is 0.713. The van der Waals surface area contributed by atoms with Crippen LogP contribution in [0.1, 0.15) is 134 Å². The second kappa shape index (κ2) is 20.7. The van der Waals surface area contributed by atoms with Crippen LogP contribution in [0.4, 0.5) is 0 Å². The Labute approximate surface area is 194 Å². The van der Waals surface area contributed by atoms with Crippen molar-refractivity contribution in [1.29, 1.82) is 0 Å². The van der Waals surface area contributed by atoms with Gasteiger partial charge in [-0.15, -0.1) is 0 Å². The third-order valence-electron chi connectivity index (χ3n) is 6.55. The second-order valence-corrected chi connectivity index (χ2v) is 9.50. The van der Waals surface area contributed by atoms with Gasteiger partial charge in [0.05, 0.1) is 0 Å². The Kier molecular flexibility index (Phi) is 18.7. The number of allylic oxidation sites excluding steroid dienone is 2. The highest BCUT2D eigenvalue weighted by Crippen LogP contribution is 2.27. The van der Waals surface area contributed by atoms with E-state index in [-0.39, 0.29) is 0 Å². The topological polar surface area (TPSA) is 29.9 Å². The van der Waals surface area contributed by atoms with Crippen molar-refractivity contribution in [3.63, 3.8) is 0 Å². The first-order valence-electron chi connectivity index (χ1n) is 13.6. The summed E-state index contributed by atoms with van der Waals surface area (Å²) in [5, 5.41) is 0. The molecule has 1 atom stereocenters. The lowest BCUT2D eigenvalue weighted by Gasteiger charge is -2.16. The van der Waals surface area contributed by atoms with Gasteiger partial charge in [0, 0.05) is 12.1 Å². The molecule has 1 heterocycles. The first-order chi connectivity index (χ1) is 15.3. The zero-order valence-corrected chi connectivity index (χ0v) is 21.0. The summed E-state index contributed by atoms with van der Waals surface area (Å²) in [5.74, 6) is 0.713. The van der Waals surface area contributed by atoms with E-state index in [4.69, 9.17) is 5.73 Å². The highest BCUT2D eigenvalue weighted by molar-refractivity contribution is 5.13. The summed E-state index contributed by atoms with van der Waals surface area (Å²) in [5.41, 5.74) is 7.22. The predicted octanol–water partition coefficient (Wildman–Crippen LogP) is 8.15. The molecule has 1 aromatic heterocycles. The van der Waals surface area contributed by atoms with Crippen LogP contribution in [0.2, 0.25) is 0 Å². The van der Waals surface area contributed by atoms with Crippen molar-refractivity contribution in [3.05, 3.63) is 42.2 Å². The number of aryl methyl sites for hydroxylation is 1. The third kappa shape index (κ3) is 16.2. The SMILES string of the molecule is CCCCCCCCC=CCCCCCCCCC(CCCCN)c1cc[n+](C)cc1. The first-order valence-corrected chi connectivity index (χ1v) is 13.6. The summed E-state index contributed by atoms with van der Waals surface area (Å²) < 4.78 is 2.13. The van der Waals surface area contributed by atoms with Gasteiger partial charge in [-0.1, -0.05) is 89.7 Å². The molecular weight excluding hydrogens is 376 g/mol. The van der Waals surface area contributed by atoms with Crippen molar-refractivity contribution in [1.82, 2.24) is 0 Å². The summed E-state index contributed by atoms with van der Waals surface area (Å²) in [6.45, 7) is 3.11. The molecule has 2 heteroatoms. The minimum Gasteiger partial charge on any atom is -0.330 e. The first kappa shape index (κ1) is 27.9. The molecule has 0 aromatic carbocycles. The molecule has 0 aliphatic heterocycles. The normalized spacial score (nSPS) is 12.6. The molecule has 0 bridgehead atoms. The molecule has 0 aliphatic carbocycles. The van der Waals surface area contributed by atoms with Crippen LogP contribution in [-0.2, 0) is 7.05 Å². The number of rotatable bonds is 21. The van der Waals surface area contributed by atoms with Gasteiger partial charge >= 0.3 is 0 Å². The standard InChI is InChI=1S/C29H53N2/c1-3-4-5-6-7-8-9-10-11-12-13-14-15-16-17-18-21-28(22-19-20-25-30)29-23-26-31(2)27-24-29/h10-11,23-24,26-28H,3-9,12-22,25,30H2,1-2H3/q+1. The molecule has 0 spiro atoms. The number of unbranched alkanes of at least 4 members (excludes halogenated alkanes) is 13. The Hall–Kier alpha value is -1.15. The summed E-state index contributed by atoms with van der Waals surface area (Å²) >= 11 is 0. The van der Waals surface area contributed by atoms with Crippen molar-refractivity contribution in [3.8, 4) is 0 Å². The summed E-state index contributed by atoms with van der Waals surface area (Å²) in [4.78, 5) is 0. The van der Waals surface area contributed by atoms with E-state index >= 15 is 0 Å². The fraction of sp³-hybridized carbons (Fsp3) is 0.759. The number of hydrogen-bond acceptors (Lipinski definition) is 1. The van der Waals surface area contributed by atoms with Crippen molar-refractivity contribution >= 4 is 0 Å². The molecule has 2 N–H and O–H groups in total. The van der Waals surface area contributed by atoms with E-state index in [9.17, 15) is 0 Å². The van der Waals surface area contributed by atoms with Gasteiger partial charge in [-0.2, -0.15) is 0 Å². The number of nitrogens with two attached hydrogens (primary N) is 1. The molecule has 0 fully saturated rings. The van der Waals surface area contributed by atoms with Crippen molar-refractivity contribution < 1.29 is 4.57 Å². The molecule has 0 radical (unpaired) electrons. The van der Waals surface area contributed by atoms with Gasteiger partial charge in [0.2, 0.25) is 0 Å². The Morgan fingerprint density at radius 3 is 1.74 bits per heavy atom. The third-order valence-corrected chi connectivity index (χ3v) is 6.55. The maximum atomic E-state index is 5.71. The molecule has 0 saturated carbocycles. The van der Waals surface area contributed by atoms with Crippen molar-refractivity contribution in [2.24, 2.45) is 12.8 Å². The average Bonchev–Trinajstić information content (AvgIpc) is 2.78. The number of aromatic nitrogens is 1. The maximum Gasteiger partial charge on any atom is 0.168 e. The van der Waals surface area contributed by atoms with E-state index in [1.807, 2.05) is 0 Å². The molecule has 1 aromatic rings. The molecular formula is C29H53N2+. The van der Waals surface area contributed by atoms with Gasteiger partial charge in [-0.05, 0) is 63.0 Å². The molecule has 178 valence electrons. The van der Waals surface area contributed by atoms with Crippen molar-refractivity contribution in [2.75, 3.05) is 6.54 Å². The zero-order valence-electron chi connectivity index (χ0n) is 21.0. The van der Waals surface area contributed by atoms with E-state index < -0.39 is 0 Å². The molecule has 1 unspecified atom stereocenters. The Balaban J connectivity index is 2.02. The van der Waals surface area contributed by atoms with Crippen LogP contribution in [-0.4, -0.2) is 6.54 Å². The summed E-state index contributed by atoms with van der Waals surface area (Å²) in [7, 11) is 2.10. The molecule has 0 aliphatic rings. The van der Waals surface area contributed by atoms with Gasteiger partial charge < -0.3 is 5.73 Å². The van der Waals surface area contributed by atoms with Crippen LogP contribution >= 0.6 is 0 Å². The van der Waals surface area contributed by atoms with Crippen LogP contribution in [0.5, 0.6) is 0 Å². The van der Waals surface area contributed by atoms with Crippen molar-refractivity contribution in [2.45, 2.75) is 128 Å². The van der Waals surface area contributed by atoms with E-state index in [0.717, 1.165) is 13.0 Å². The number of pyridine rings is 1. The summed E-state index contributed by atoms with van der Waals surface area (Å²) in [6.07, 6.45) is 33.6. The molecule has 31 heavy (non-hydrogen) atoms. The van der Waals surface area contributed by atoms with Crippen LogP contribution in [0.3, 0.4) is 0 Å². The lowest BCUT2D eigenvalue weighted by atomic mass is 9.89. The second-order valence-electron chi connectivity index (χ2n) is 9.50. The van der Waals surface area contributed by atoms with Gasteiger partial charge in [0.15, 0.2) is 12.4 Å². The molecule has 0 amide bonds. The van der Waals surface area contributed by atoms with Crippen LogP contribution in [0.25, 0.3) is 0 Å². The largest absolute Gasteiger partial charge is 0.330 e. The van der Waals surface area contributed by atoms with E-state index in [2.05, 4.69) is 55.2 Å². The van der Waals surface area contributed by atoms with Gasteiger partial charge in [0.25, 0.3) is 0 Å². The molecule has 2 nitrogen and oxygen atoms in total. The van der Waals surface area contributed by atoms with Crippen LogP contribution < -0.4 is 10.3 Å². The Morgan fingerprint density at radius 1 is 0.710 bits per heavy atom. The average molecular weight is 430 g/mol. The fourth-order valence-corrected chi connectivity index (χ4v) is 4.44. The summed E-state index contributed by atoms with van der Waals surface area (Å²) in [6, 6.07) is 4.63. The number of hydrogen-bond donors (Lipinski definition) is 1. The fourth-order valence-electron chi connectivity index (χ4n) is 4.44. The molecule has 0 saturated heterocycles. The van der Waals surface area contributed by atoms with Crippen LogP contribution in [0.15, 0.2) is 36.7 Å². The van der Waals surface area contributed by atoms with Crippen LogP contribution in [0, 0.1) is 0 Å². The smallest absolute Gasteiger partial charge is 0.168 e. The van der Waals surface area contributed by atoms with Gasteiger partial charge in [0.1, 0.15) is 7.05 Å². The highest BCUT2D eigenvalue weighted by Gasteiger charge is 2.12. The number of nitrogens with zero attached hydrogens (tertiary/aromatic N) is 1. The lowest BCUT2D eigenvalue weighted by molar-refractivity contribution is -0.671. The van der Waals surface area contributed by atoms with Gasteiger partial charge in [-0.3, -0.25) is 0 Å². The maximum absolute atomic E-state index is 5.71. The van der Waals surface area contributed by atoms with Gasteiger partial charge in [-0.25, -0.2) is 4.57 Å². The molecule has 1 rings (SSSR count). The minimum absolute atomic E-state index is 0.713. The monoisotopic (exact) mass is 429 g/mol. The van der Waals surface area contributed by atoms with E-state index in [0.29, 0.717) is 5.92 Å². The quantitative estimate of drug-likeness (QED) is 0.119. The lowest BCUT2D eigenvalue weighted by Crippen LogP contribution is -2.26. The highest BCUT2D eigenvalue weighted by atomic mass is 14.9. The Bertz CT molecular complexity index is 520. The predicted molar refractivity (Wildman–Crippen MR) is 137 cm³/mol.